The molecule has 5 nitrogen and oxygen atoms in total. The predicted molar refractivity (Wildman–Crippen MR) is 66.2 cm³/mol. The van der Waals surface area contributed by atoms with E-state index in [1.807, 2.05) is 11.9 Å². The van der Waals surface area contributed by atoms with Gasteiger partial charge in [0.15, 0.2) is 0 Å². The maximum Gasteiger partial charge on any atom is 0.337 e. The van der Waals surface area contributed by atoms with Crippen molar-refractivity contribution < 1.29 is 9.90 Å². The van der Waals surface area contributed by atoms with Gasteiger partial charge >= 0.3 is 5.97 Å². The first-order valence-corrected chi connectivity index (χ1v) is 5.78. The van der Waals surface area contributed by atoms with Crippen LogP contribution in [0.25, 0.3) is 0 Å². The second kappa shape index (κ2) is 4.61. The Bertz CT molecular complexity index is 430. The Labute approximate surface area is 100 Å². The number of aromatic carboxylic acids is 1. The van der Waals surface area contributed by atoms with E-state index in [0.717, 1.165) is 6.54 Å². The number of aromatic nitrogens is 1. The van der Waals surface area contributed by atoms with Crippen molar-refractivity contribution in [3.63, 3.8) is 0 Å². The summed E-state index contributed by atoms with van der Waals surface area (Å²) in [7, 11) is 1.93. The molecule has 0 bridgehead atoms. The average molecular weight is 235 g/mol. The van der Waals surface area contributed by atoms with Crippen LogP contribution in [0.1, 0.15) is 29.6 Å². The van der Waals surface area contributed by atoms with Crippen LogP contribution in [0.4, 0.5) is 11.5 Å². The van der Waals surface area contributed by atoms with E-state index in [-0.39, 0.29) is 11.3 Å². The number of anilines is 2. The van der Waals surface area contributed by atoms with Crippen molar-refractivity contribution in [2.24, 2.45) is 5.92 Å². The Balaban J connectivity index is 2.14. The van der Waals surface area contributed by atoms with Crippen LogP contribution in [0.5, 0.6) is 0 Å². The first-order chi connectivity index (χ1) is 8.08. The second-order valence-corrected chi connectivity index (χ2v) is 4.61. The summed E-state index contributed by atoms with van der Waals surface area (Å²) in [4.78, 5) is 17.1. The predicted octanol–water partition coefficient (Wildman–Crippen LogP) is 1.60. The number of nitrogens with two attached hydrogens (primary N) is 1. The summed E-state index contributed by atoms with van der Waals surface area (Å²) in [5.41, 5.74) is 5.89. The first-order valence-electron chi connectivity index (χ1n) is 5.78. The van der Waals surface area contributed by atoms with Gasteiger partial charge in [-0.05, 0) is 24.8 Å². The van der Waals surface area contributed by atoms with E-state index >= 15 is 0 Å². The van der Waals surface area contributed by atoms with Gasteiger partial charge in [-0.2, -0.15) is 0 Å². The number of nitrogen functional groups attached to an aromatic ring is 1. The molecule has 1 aliphatic carbocycles. The van der Waals surface area contributed by atoms with E-state index in [4.69, 9.17) is 10.8 Å². The van der Waals surface area contributed by atoms with Crippen LogP contribution in [0.2, 0.25) is 0 Å². The van der Waals surface area contributed by atoms with Crippen LogP contribution < -0.4 is 10.6 Å². The molecule has 0 aliphatic heterocycles. The van der Waals surface area contributed by atoms with Gasteiger partial charge in [0.25, 0.3) is 0 Å². The standard InChI is InChI=1S/C12H17N3O2/c1-15(7-8-3-2-4-8)11-5-9(12(16)17)10(13)6-14-11/h5-6,8H,2-4,7,13H2,1H3,(H,16,17). The number of nitrogens with zero attached hydrogens (tertiary/aromatic N) is 2. The number of hydrogen-bond acceptors (Lipinski definition) is 4. The third-order valence-electron chi connectivity index (χ3n) is 3.30. The fourth-order valence-electron chi connectivity index (χ4n) is 2.01. The molecule has 1 saturated carbocycles. The van der Waals surface area contributed by atoms with Gasteiger partial charge < -0.3 is 15.7 Å². The molecule has 0 atom stereocenters. The molecular formula is C12H17N3O2. The Morgan fingerprint density at radius 2 is 2.35 bits per heavy atom. The lowest BCUT2D eigenvalue weighted by Crippen LogP contribution is -2.30. The van der Waals surface area contributed by atoms with E-state index in [0.29, 0.717) is 11.7 Å². The molecule has 1 fully saturated rings. The molecule has 3 N–H and O–H groups in total. The third kappa shape index (κ3) is 2.49. The van der Waals surface area contributed by atoms with Crippen LogP contribution in [0, 0.1) is 5.92 Å². The normalized spacial score (nSPS) is 15.4. The lowest BCUT2D eigenvalue weighted by Gasteiger charge is -2.30. The summed E-state index contributed by atoms with van der Waals surface area (Å²) in [6.07, 6.45) is 5.22. The van der Waals surface area contributed by atoms with Gasteiger partial charge in [0.1, 0.15) is 5.82 Å². The first kappa shape index (κ1) is 11.7. The lowest BCUT2D eigenvalue weighted by molar-refractivity contribution is 0.0698. The highest BCUT2D eigenvalue weighted by molar-refractivity contribution is 5.94. The van der Waals surface area contributed by atoms with Gasteiger partial charge in [0.2, 0.25) is 0 Å². The smallest absolute Gasteiger partial charge is 0.337 e. The average Bonchev–Trinajstić information content (AvgIpc) is 2.23. The van der Waals surface area contributed by atoms with Crippen molar-refractivity contribution in [3.05, 3.63) is 17.8 Å². The summed E-state index contributed by atoms with van der Waals surface area (Å²) < 4.78 is 0. The van der Waals surface area contributed by atoms with Crippen molar-refractivity contribution in [1.29, 1.82) is 0 Å². The number of carbonyl (C=O) groups is 1. The van der Waals surface area contributed by atoms with Gasteiger partial charge in [-0.1, -0.05) is 6.42 Å². The molecule has 0 spiro atoms. The van der Waals surface area contributed by atoms with Crippen LogP contribution in [0.15, 0.2) is 12.3 Å². The Morgan fingerprint density at radius 3 is 2.88 bits per heavy atom. The van der Waals surface area contributed by atoms with Gasteiger partial charge in [-0.25, -0.2) is 9.78 Å². The molecule has 0 unspecified atom stereocenters. The number of carboxylic acid groups (broad SMARTS) is 1. The molecule has 2 rings (SSSR count). The highest BCUT2D eigenvalue weighted by Crippen LogP contribution is 2.28. The summed E-state index contributed by atoms with van der Waals surface area (Å²) in [5, 5.41) is 8.98. The van der Waals surface area contributed by atoms with E-state index < -0.39 is 5.97 Å². The van der Waals surface area contributed by atoms with Crippen molar-refractivity contribution >= 4 is 17.5 Å². The zero-order valence-corrected chi connectivity index (χ0v) is 9.89. The summed E-state index contributed by atoms with van der Waals surface area (Å²) >= 11 is 0. The number of rotatable bonds is 4. The Kier molecular flexibility index (Phi) is 3.17. The summed E-state index contributed by atoms with van der Waals surface area (Å²) in [5.74, 6) is 0.374. The van der Waals surface area contributed by atoms with Crippen molar-refractivity contribution in [2.75, 3.05) is 24.2 Å². The van der Waals surface area contributed by atoms with E-state index in [9.17, 15) is 4.79 Å². The van der Waals surface area contributed by atoms with Crippen LogP contribution in [0.3, 0.4) is 0 Å². The number of hydrogen-bond donors (Lipinski definition) is 2. The largest absolute Gasteiger partial charge is 0.478 e. The Hall–Kier alpha value is -1.78. The molecule has 0 saturated heterocycles. The molecule has 0 aromatic carbocycles. The zero-order valence-electron chi connectivity index (χ0n) is 9.89. The highest BCUT2D eigenvalue weighted by atomic mass is 16.4. The van der Waals surface area contributed by atoms with Gasteiger partial charge in [-0.3, -0.25) is 0 Å². The number of pyridine rings is 1. The van der Waals surface area contributed by atoms with E-state index in [1.54, 1.807) is 0 Å². The molecule has 1 aliphatic rings. The topological polar surface area (TPSA) is 79.5 Å². The molecule has 17 heavy (non-hydrogen) atoms. The van der Waals surface area contributed by atoms with Gasteiger partial charge in [-0.15, -0.1) is 0 Å². The van der Waals surface area contributed by atoms with Crippen molar-refractivity contribution in [1.82, 2.24) is 4.98 Å². The number of carboxylic acids is 1. The lowest BCUT2D eigenvalue weighted by atomic mass is 9.85. The van der Waals surface area contributed by atoms with Crippen LogP contribution in [-0.4, -0.2) is 29.7 Å². The summed E-state index contributed by atoms with van der Waals surface area (Å²) in [6.45, 7) is 0.927. The fraction of sp³-hybridized carbons (Fsp3) is 0.500. The minimum absolute atomic E-state index is 0.121. The van der Waals surface area contributed by atoms with E-state index in [2.05, 4.69) is 4.98 Å². The maximum absolute atomic E-state index is 11.0. The molecule has 1 aromatic rings. The quantitative estimate of drug-likeness (QED) is 0.828. The molecule has 0 amide bonds. The molecule has 1 heterocycles. The van der Waals surface area contributed by atoms with Crippen LogP contribution >= 0.6 is 0 Å². The molecular weight excluding hydrogens is 218 g/mol. The highest BCUT2D eigenvalue weighted by Gasteiger charge is 2.20. The maximum atomic E-state index is 11.0. The SMILES string of the molecule is CN(CC1CCC1)c1cc(C(=O)O)c(N)cn1. The fourth-order valence-corrected chi connectivity index (χ4v) is 2.01. The third-order valence-corrected chi connectivity index (χ3v) is 3.30. The summed E-state index contributed by atoms with van der Waals surface area (Å²) in [6, 6.07) is 1.54. The van der Waals surface area contributed by atoms with Gasteiger partial charge in [0.05, 0.1) is 17.4 Å². The zero-order chi connectivity index (χ0) is 12.4. The minimum atomic E-state index is -1.01. The van der Waals surface area contributed by atoms with Gasteiger partial charge in [0, 0.05) is 13.6 Å². The van der Waals surface area contributed by atoms with E-state index in [1.165, 1.54) is 31.5 Å². The van der Waals surface area contributed by atoms with Crippen LogP contribution in [-0.2, 0) is 0 Å². The Morgan fingerprint density at radius 1 is 1.65 bits per heavy atom. The monoisotopic (exact) mass is 235 g/mol. The molecule has 5 heteroatoms. The molecule has 92 valence electrons. The van der Waals surface area contributed by atoms with Crippen molar-refractivity contribution in [3.8, 4) is 0 Å². The molecule has 0 radical (unpaired) electrons. The van der Waals surface area contributed by atoms with Crippen molar-refractivity contribution in [2.45, 2.75) is 19.3 Å². The second-order valence-electron chi connectivity index (χ2n) is 4.61. The minimum Gasteiger partial charge on any atom is -0.478 e. The molecule has 1 aromatic heterocycles.